The molecule has 0 saturated carbocycles. The first kappa shape index (κ1) is 14.8. The van der Waals surface area contributed by atoms with Gasteiger partial charge in [0.1, 0.15) is 17.3 Å². The van der Waals surface area contributed by atoms with Crippen molar-refractivity contribution in [3.63, 3.8) is 0 Å². The van der Waals surface area contributed by atoms with Crippen LogP contribution < -0.4 is 5.32 Å². The number of hydrogen-bond acceptors (Lipinski definition) is 3. The molecular weight excluding hydrogens is 321 g/mol. The summed E-state index contributed by atoms with van der Waals surface area (Å²) in [5.41, 5.74) is 1.67. The van der Waals surface area contributed by atoms with Crippen molar-refractivity contribution >= 4 is 28.9 Å². The molecule has 0 spiro atoms. The predicted molar refractivity (Wildman–Crippen MR) is 89.6 cm³/mol. The lowest BCUT2D eigenvalue weighted by atomic mass is 10.2. The number of rotatable bonds is 4. The van der Waals surface area contributed by atoms with E-state index in [1.54, 1.807) is 42.5 Å². The van der Waals surface area contributed by atoms with Gasteiger partial charge < -0.3 is 14.8 Å². The fourth-order valence-electron chi connectivity index (χ4n) is 2.07. The summed E-state index contributed by atoms with van der Waals surface area (Å²) in [6, 6.07) is 15.9. The molecule has 0 atom stereocenters. The van der Waals surface area contributed by atoms with Crippen LogP contribution in [-0.4, -0.2) is 5.11 Å². The van der Waals surface area contributed by atoms with E-state index in [0.717, 1.165) is 17.0 Å². The standard InChI is InChI=1S/C17H13Cl2NO2/c18-11-1-7-16(19)15(9-11)17-8-6-14(22-17)10-20-12-2-4-13(21)5-3-12/h1-9,20-21H,10H2. The number of halogens is 2. The van der Waals surface area contributed by atoms with E-state index in [9.17, 15) is 5.11 Å². The molecule has 22 heavy (non-hydrogen) atoms. The molecule has 112 valence electrons. The highest BCUT2D eigenvalue weighted by Crippen LogP contribution is 2.32. The molecule has 0 bridgehead atoms. The van der Waals surface area contributed by atoms with E-state index in [1.807, 2.05) is 12.1 Å². The minimum atomic E-state index is 0.237. The summed E-state index contributed by atoms with van der Waals surface area (Å²) >= 11 is 12.2. The Morgan fingerprint density at radius 1 is 0.955 bits per heavy atom. The lowest BCUT2D eigenvalue weighted by Crippen LogP contribution is -1.97. The summed E-state index contributed by atoms with van der Waals surface area (Å²) in [5, 5.41) is 13.7. The Hall–Kier alpha value is -2.10. The third-order valence-corrected chi connectivity index (χ3v) is 3.75. The van der Waals surface area contributed by atoms with Crippen LogP contribution in [0, 0.1) is 0 Å². The molecule has 0 radical (unpaired) electrons. The normalized spacial score (nSPS) is 10.6. The molecule has 1 heterocycles. The lowest BCUT2D eigenvalue weighted by Gasteiger charge is -2.05. The zero-order chi connectivity index (χ0) is 15.5. The van der Waals surface area contributed by atoms with Crippen LogP contribution in [0.2, 0.25) is 10.0 Å². The van der Waals surface area contributed by atoms with Crippen molar-refractivity contribution in [1.82, 2.24) is 0 Å². The molecular formula is C17H13Cl2NO2. The van der Waals surface area contributed by atoms with E-state index >= 15 is 0 Å². The summed E-state index contributed by atoms with van der Waals surface area (Å²) in [4.78, 5) is 0. The van der Waals surface area contributed by atoms with Gasteiger partial charge in [-0.15, -0.1) is 0 Å². The molecule has 0 unspecified atom stereocenters. The highest BCUT2D eigenvalue weighted by molar-refractivity contribution is 6.35. The smallest absolute Gasteiger partial charge is 0.135 e. The number of nitrogens with one attached hydrogen (secondary N) is 1. The van der Waals surface area contributed by atoms with Crippen LogP contribution in [0.4, 0.5) is 5.69 Å². The summed E-state index contributed by atoms with van der Waals surface area (Å²) < 4.78 is 5.80. The van der Waals surface area contributed by atoms with Crippen LogP contribution >= 0.6 is 23.2 Å². The van der Waals surface area contributed by atoms with E-state index in [2.05, 4.69) is 5.32 Å². The molecule has 0 aliphatic heterocycles. The van der Waals surface area contributed by atoms with Crippen LogP contribution in [0.25, 0.3) is 11.3 Å². The predicted octanol–water partition coefficient (Wildman–Crippen LogP) is 5.57. The Morgan fingerprint density at radius 3 is 2.50 bits per heavy atom. The van der Waals surface area contributed by atoms with Gasteiger partial charge in [-0.3, -0.25) is 0 Å². The van der Waals surface area contributed by atoms with Crippen molar-refractivity contribution in [2.24, 2.45) is 0 Å². The second-order valence-electron chi connectivity index (χ2n) is 4.79. The molecule has 2 N–H and O–H groups in total. The number of anilines is 1. The second kappa shape index (κ2) is 6.34. The quantitative estimate of drug-likeness (QED) is 0.613. The third kappa shape index (κ3) is 3.38. The Balaban J connectivity index is 1.73. The number of phenolic OH excluding ortho intramolecular Hbond substituents is 1. The Bertz CT molecular complexity index is 782. The first-order chi connectivity index (χ1) is 10.6. The molecule has 0 saturated heterocycles. The van der Waals surface area contributed by atoms with E-state index in [-0.39, 0.29) is 5.75 Å². The second-order valence-corrected chi connectivity index (χ2v) is 5.63. The molecule has 2 aromatic carbocycles. The van der Waals surface area contributed by atoms with Gasteiger partial charge in [0.05, 0.1) is 11.6 Å². The van der Waals surface area contributed by atoms with Crippen LogP contribution in [-0.2, 0) is 6.54 Å². The molecule has 0 fully saturated rings. The van der Waals surface area contributed by atoms with Gasteiger partial charge in [-0.2, -0.15) is 0 Å². The summed E-state index contributed by atoms with van der Waals surface area (Å²) in [5.74, 6) is 1.69. The van der Waals surface area contributed by atoms with Crippen molar-refractivity contribution in [3.8, 4) is 17.1 Å². The first-order valence-electron chi connectivity index (χ1n) is 6.69. The molecule has 0 aliphatic carbocycles. The lowest BCUT2D eigenvalue weighted by molar-refractivity contribution is 0.475. The number of phenols is 1. The van der Waals surface area contributed by atoms with Crippen molar-refractivity contribution in [2.45, 2.75) is 6.54 Å². The average molecular weight is 334 g/mol. The summed E-state index contributed by atoms with van der Waals surface area (Å²) in [6.45, 7) is 0.531. The van der Waals surface area contributed by atoms with Gasteiger partial charge in [0, 0.05) is 16.3 Å². The summed E-state index contributed by atoms with van der Waals surface area (Å²) in [6.07, 6.45) is 0. The molecule has 3 aromatic rings. The van der Waals surface area contributed by atoms with Gasteiger partial charge in [0.25, 0.3) is 0 Å². The molecule has 0 amide bonds. The SMILES string of the molecule is Oc1ccc(NCc2ccc(-c3cc(Cl)ccc3Cl)o2)cc1. The van der Waals surface area contributed by atoms with Crippen LogP contribution in [0.3, 0.4) is 0 Å². The molecule has 1 aromatic heterocycles. The topological polar surface area (TPSA) is 45.4 Å². The molecule has 3 nitrogen and oxygen atoms in total. The van der Waals surface area contributed by atoms with Gasteiger partial charge in [-0.05, 0) is 54.6 Å². The van der Waals surface area contributed by atoms with E-state index in [4.69, 9.17) is 27.6 Å². The van der Waals surface area contributed by atoms with Gasteiger partial charge in [0.2, 0.25) is 0 Å². The third-order valence-electron chi connectivity index (χ3n) is 3.19. The minimum absolute atomic E-state index is 0.237. The van der Waals surface area contributed by atoms with Crippen LogP contribution in [0.15, 0.2) is 59.0 Å². The van der Waals surface area contributed by atoms with Crippen LogP contribution in [0.5, 0.6) is 5.75 Å². The number of benzene rings is 2. The molecule has 0 aliphatic rings. The number of aromatic hydroxyl groups is 1. The molecule has 5 heteroatoms. The monoisotopic (exact) mass is 333 g/mol. The summed E-state index contributed by atoms with van der Waals surface area (Å²) in [7, 11) is 0. The maximum Gasteiger partial charge on any atom is 0.135 e. The average Bonchev–Trinajstić information content (AvgIpc) is 2.98. The fourth-order valence-corrected chi connectivity index (χ4v) is 2.46. The zero-order valence-electron chi connectivity index (χ0n) is 11.5. The number of hydrogen-bond donors (Lipinski definition) is 2. The van der Waals surface area contributed by atoms with E-state index < -0.39 is 0 Å². The van der Waals surface area contributed by atoms with Gasteiger partial charge in [-0.1, -0.05) is 23.2 Å². The largest absolute Gasteiger partial charge is 0.508 e. The Morgan fingerprint density at radius 2 is 1.73 bits per heavy atom. The Kier molecular flexibility index (Phi) is 4.27. The first-order valence-corrected chi connectivity index (χ1v) is 7.44. The molecule has 3 rings (SSSR count). The maximum absolute atomic E-state index is 9.25. The van der Waals surface area contributed by atoms with E-state index in [0.29, 0.717) is 22.4 Å². The van der Waals surface area contributed by atoms with E-state index in [1.165, 1.54) is 0 Å². The van der Waals surface area contributed by atoms with Gasteiger partial charge >= 0.3 is 0 Å². The van der Waals surface area contributed by atoms with Crippen molar-refractivity contribution in [2.75, 3.05) is 5.32 Å². The fraction of sp³-hybridized carbons (Fsp3) is 0.0588. The van der Waals surface area contributed by atoms with Gasteiger partial charge in [0.15, 0.2) is 0 Å². The van der Waals surface area contributed by atoms with Crippen molar-refractivity contribution < 1.29 is 9.52 Å². The van der Waals surface area contributed by atoms with Crippen molar-refractivity contribution in [3.05, 3.63) is 70.4 Å². The number of furan rings is 1. The minimum Gasteiger partial charge on any atom is -0.508 e. The zero-order valence-corrected chi connectivity index (χ0v) is 13.0. The Labute approximate surface area is 138 Å². The highest BCUT2D eigenvalue weighted by atomic mass is 35.5. The highest BCUT2D eigenvalue weighted by Gasteiger charge is 2.09. The van der Waals surface area contributed by atoms with Crippen molar-refractivity contribution in [1.29, 1.82) is 0 Å². The van der Waals surface area contributed by atoms with Crippen LogP contribution in [0.1, 0.15) is 5.76 Å². The van der Waals surface area contributed by atoms with Gasteiger partial charge in [-0.25, -0.2) is 0 Å². The maximum atomic E-state index is 9.25.